The van der Waals surface area contributed by atoms with Crippen molar-refractivity contribution in [2.45, 2.75) is 51.7 Å². The number of hydrogen-bond acceptors (Lipinski definition) is 1. The van der Waals surface area contributed by atoms with E-state index >= 15 is 0 Å². The molecule has 0 radical (unpaired) electrons. The highest BCUT2D eigenvalue weighted by Gasteiger charge is 2.39. The van der Waals surface area contributed by atoms with Crippen LogP contribution in [0, 0.1) is 0 Å². The van der Waals surface area contributed by atoms with E-state index < -0.39 is 8.32 Å². The SMILES string of the molecule is CC(C)(C)[Si](C)(C)OC1=C(F)CCC=C1. The summed E-state index contributed by atoms with van der Waals surface area (Å²) >= 11 is 0. The Hall–Kier alpha value is -0.573. The molecule has 1 nitrogen and oxygen atoms in total. The van der Waals surface area contributed by atoms with Crippen LogP contribution >= 0.6 is 0 Å². The van der Waals surface area contributed by atoms with Gasteiger partial charge in [0.1, 0.15) is 11.6 Å². The highest BCUT2D eigenvalue weighted by atomic mass is 28.4. The molecule has 0 aromatic heterocycles. The van der Waals surface area contributed by atoms with Crippen LogP contribution < -0.4 is 0 Å². The first-order valence-electron chi connectivity index (χ1n) is 5.48. The van der Waals surface area contributed by atoms with E-state index in [-0.39, 0.29) is 10.9 Å². The van der Waals surface area contributed by atoms with E-state index in [1.807, 2.05) is 6.08 Å². The molecule has 0 aromatic carbocycles. The second-order valence-electron chi connectivity index (χ2n) is 5.57. The van der Waals surface area contributed by atoms with Gasteiger partial charge in [-0.3, -0.25) is 0 Å². The lowest BCUT2D eigenvalue weighted by Crippen LogP contribution is -2.40. The van der Waals surface area contributed by atoms with Gasteiger partial charge in [-0.15, -0.1) is 0 Å². The first kappa shape index (κ1) is 12.5. The summed E-state index contributed by atoms with van der Waals surface area (Å²) in [7, 11) is -1.88. The zero-order valence-corrected chi connectivity index (χ0v) is 11.4. The lowest BCUT2D eigenvalue weighted by molar-refractivity contribution is 0.368. The number of rotatable bonds is 2. The third-order valence-corrected chi connectivity index (χ3v) is 7.58. The molecule has 0 heterocycles. The van der Waals surface area contributed by atoms with Crippen LogP contribution in [0.4, 0.5) is 4.39 Å². The van der Waals surface area contributed by atoms with E-state index in [0.29, 0.717) is 12.2 Å². The zero-order chi connectivity index (χ0) is 11.7. The Morgan fingerprint density at radius 1 is 1.33 bits per heavy atom. The molecule has 1 aliphatic carbocycles. The molecule has 0 fully saturated rings. The van der Waals surface area contributed by atoms with E-state index in [0.717, 1.165) is 6.42 Å². The minimum absolute atomic E-state index is 0.0951. The maximum absolute atomic E-state index is 13.5. The van der Waals surface area contributed by atoms with Crippen molar-refractivity contribution in [3.8, 4) is 0 Å². The fourth-order valence-corrected chi connectivity index (χ4v) is 2.17. The predicted molar refractivity (Wildman–Crippen MR) is 64.8 cm³/mol. The summed E-state index contributed by atoms with van der Waals surface area (Å²) in [5.41, 5.74) is 0. The molecule has 0 saturated heterocycles. The van der Waals surface area contributed by atoms with Crippen LogP contribution in [0.3, 0.4) is 0 Å². The van der Waals surface area contributed by atoms with Crippen LogP contribution in [-0.4, -0.2) is 8.32 Å². The molecular formula is C12H21FOSi. The van der Waals surface area contributed by atoms with E-state index in [4.69, 9.17) is 4.43 Å². The summed E-state index contributed by atoms with van der Waals surface area (Å²) < 4.78 is 19.4. The number of halogens is 1. The van der Waals surface area contributed by atoms with Gasteiger partial charge in [0.25, 0.3) is 8.32 Å². The first-order chi connectivity index (χ1) is 6.74. The van der Waals surface area contributed by atoms with Gasteiger partial charge in [0.2, 0.25) is 0 Å². The molecule has 0 aromatic rings. The van der Waals surface area contributed by atoms with Gasteiger partial charge in [0.05, 0.1) is 0 Å². The van der Waals surface area contributed by atoms with Gasteiger partial charge in [-0.1, -0.05) is 26.8 Å². The largest absolute Gasteiger partial charge is 0.542 e. The van der Waals surface area contributed by atoms with Crippen molar-refractivity contribution in [3.63, 3.8) is 0 Å². The fraction of sp³-hybridized carbons (Fsp3) is 0.667. The Kier molecular flexibility index (Phi) is 3.43. The third-order valence-electron chi connectivity index (χ3n) is 3.24. The molecule has 0 unspecified atom stereocenters. The lowest BCUT2D eigenvalue weighted by Gasteiger charge is -2.37. The van der Waals surface area contributed by atoms with Crippen LogP contribution in [0.1, 0.15) is 33.6 Å². The minimum atomic E-state index is -1.88. The van der Waals surface area contributed by atoms with Crippen LogP contribution in [0.25, 0.3) is 0 Å². The van der Waals surface area contributed by atoms with Crippen LogP contribution in [0.5, 0.6) is 0 Å². The van der Waals surface area contributed by atoms with Crippen molar-refractivity contribution in [1.82, 2.24) is 0 Å². The second kappa shape index (κ2) is 4.12. The van der Waals surface area contributed by atoms with Gasteiger partial charge in [-0.25, -0.2) is 4.39 Å². The monoisotopic (exact) mass is 228 g/mol. The average Bonchev–Trinajstić information content (AvgIpc) is 2.06. The molecule has 1 aliphatic rings. The molecule has 0 aliphatic heterocycles. The van der Waals surface area contributed by atoms with Gasteiger partial charge in [-0.2, -0.15) is 0 Å². The molecule has 1 rings (SSSR count). The molecule has 15 heavy (non-hydrogen) atoms. The molecule has 0 spiro atoms. The summed E-state index contributed by atoms with van der Waals surface area (Å²) in [6, 6.07) is 0. The Morgan fingerprint density at radius 2 is 1.93 bits per heavy atom. The Balaban J connectivity index is 2.82. The minimum Gasteiger partial charge on any atom is -0.542 e. The zero-order valence-electron chi connectivity index (χ0n) is 10.4. The van der Waals surface area contributed by atoms with Crippen molar-refractivity contribution < 1.29 is 8.82 Å². The molecule has 0 atom stereocenters. The lowest BCUT2D eigenvalue weighted by atomic mass is 10.1. The van der Waals surface area contributed by atoms with Gasteiger partial charge < -0.3 is 4.43 Å². The summed E-state index contributed by atoms with van der Waals surface area (Å²) in [6.07, 6.45) is 5.03. The highest BCUT2D eigenvalue weighted by molar-refractivity contribution is 6.74. The second-order valence-corrected chi connectivity index (χ2v) is 10.3. The van der Waals surface area contributed by atoms with Gasteiger partial charge >= 0.3 is 0 Å². The Morgan fingerprint density at radius 3 is 2.40 bits per heavy atom. The van der Waals surface area contributed by atoms with E-state index in [1.54, 1.807) is 6.08 Å². The third kappa shape index (κ3) is 2.94. The summed E-state index contributed by atoms with van der Waals surface area (Å²) in [5.74, 6) is 0.371. The molecular weight excluding hydrogens is 207 g/mol. The maximum Gasteiger partial charge on any atom is 0.250 e. The van der Waals surface area contributed by atoms with Crippen molar-refractivity contribution in [1.29, 1.82) is 0 Å². The normalized spacial score (nSPS) is 18.3. The van der Waals surface area contributed by atoms with Gasteiger partial charge in [0, 0.05) is 6.42 Å². The number of allylic oxidation sites excluding steroid dienone is 3. The smallest absolute Gasteiger partial charge is 0.250 e. The van der Waals surface area contributed by atoms with Crippen molar-refractivity contribution in [2.75, 3.05) is 0 Å². The van der Waals surface area contributed by atoms with Crippen molar-refractivity contribution in [3.05, 3.63) is 23.7 Å². The highest BCUT2D eigenvalue weighted by Crippen LogP contribution is 2.39. The molecule has 0 bridgehead atoms. The predicted octanol–water partition coefficient (Wildman–Crippen LogP) is 4.54. The van der Waals surface area contributed by atoms with E-state index in [2.05, 4.69) is 33.9 Å². The van der Waals surface area contributed by atoms with E-state index in [1.165, 1.54) is 0 Å². The van der Waals surface area contributed by atoms with Crippen LogP contribution in [-0.2, 0) is 4.43 Å². The van der Waals surface area contributed by atoms with Gasteiger partial charge in [-0.05, 0) is 30.6 Å². The van der Waals surface area contributed by atoms with Crippen LogP contribution in [0.15, 0.2) is 23.7 Å². The Labute approximate surface area is 93.2 Å². The average molecular weight is 228 g/mol. The molecule has 86 valence electrons. The fourth-order valence-electron chi connectivity index (χ4n) is 1.13. The maximum atomic E-state index is 13.5. The summed E-state index contributed by atoms with van der Waals surface area (Å²) in [6.45, 7) is 10.7. The molecule has 0 N–H and O–H groups in total. The van der Waals surface area contributed by atoms with Gasteiger partial charge in [0.15, 0.2) is 0 Å². The Bertz CT molecular complexity index is 297. The quantitative estimate of drug-likeness (QED) is 0.630. The summed E-state index contributed by atoms with van der Waals surface area (Å²) in [5, 5.41) is 0.117. The van der Waals surface area contributed by atoms with Crippen molar-refractivity contribution >= 4 is 8.32 Å². The summed E-state index contributed by atoms with van der Waals surface area (Å²) in [4.78, 5) is 0. The molecule has 3 heteroatoms. The molecule has 0 saturated carbocycles. The standard InChI is InChI=1S/C12H21FOSi/c1-12(2,3)15(4,5)14-11-9-7-6-8-10(11)13/h7,9H,6,8H2,1-5H3. The van der Waals surface area contributed by atoms with Crippen molar-refractivity contribution in [2.24, 2.45) is 0 Å². The number of hydrogen-bond donors (Lipinski definition) is 0. The molecule has 0 amide bonds. The first-order valence-corrected chi connectivity index (χ1v) is 8.39. The topological polar surface area (TPSA) is 9.23 Å². The van der Waals surface area contributed by atoms with Crippen LogP contribution in [0.2, 0.25) is 18.1 Å². The van der Waals surface area contributed by atoms with E-state index in [9.17, 15) is 4.39 Å².